The molecule has 6 heteroatoms. The second kappa shape index (κ2) is 11.6. The molecule has 1 fully saturated rings. The van der Waals surface area contributed by atoms with Crippen LogP contribution in [0.15, 0.2) is 22.7 Å². The molecule has 1 aromatic carbocycles. The first-order valence-electron chi connectivity index (χ1n) is 7.62. The molecule has 1 N–H and O–H groups in total. The Labute approximate surface area is 154 Å². The number of unbranched alkanes of at least 4 members (excludes halogenated alkanes) is 2. The molecular weight excluding hydrogens is 390 g/mol. The van der Waals surface area contributed by atoms with Crippen LogP contribution < -0.4 is 5.32 Å². The monoisotopic (exact) mass is 414 g/mol. The minimum Gasteiger partial charge on any atom is -0.314 e. The van der Waals surface area contributed by atoms with Crippen molar-refractivity contribution in [1.82, 2.24) is 10.2 Å². The molecule has 0 aliphatic carbocycles. The van der Waals surface area contributed by atoms with Crippen molar-refractivity contribution in [3.8, 4) is 0 Å². The van der Waals surface area contributed by atoms with Gasteiger partial charge in [-0.3, -0.25) is 4.90 Å². The van der Waals surface area contributed by atoms with E-state index in [0.29, 0.717) is 10.5 Å². The molecule has 0 bridgehead atoms. The van der Waals surface area contributed by atoms with Gasteiger partial charge in [-0.05, 0) is 34.0 Å². The molecule has 22 heavy (non-hydrogen) atoms. The predicted octanol–water partition coefficient (Wildman–Crippen LogP) is 4.96. The summed E-state index contributed by atoms with van der Waals surface area (Å²) in [5.41, 5.74) is 1.10. The highest BCUT2D eigenvalue weighted by Crippen LogP contribution is 2.33. The van der Waals surface area contributed by atoms with Gasteiger partial charge in [0.25, 0.3) is 0 Å². The van der Waals surface area contributed by atoms with Crippen LogP contribution in [0.1, 0.15) is 44.2 Å². The third-order valence-corrected chi connectivity index (χ3v) is 4.85. The van der Waals surface area contributed by atoms with Crippen molar-refractivity contribution in [3.05, 3.63) is 34.1 Å². The van der Waals surface area contributed by atoms with E-state index in [1.165, 1.54) is 25.3 Å². The lowest BCUT2D eigenvalue weighted by Crippen LogP contribution is -2.45. The van der Waals surface area contributed by atoms with Gasteiger partial charge in [0.05, 0.1) is 4.47 Å². The fourth-order valence-electron chi connectivity index (χ4n) is 2.89. The van der Waals surface area contributed by atoms with Crippen LogP contribution in [-0.4, -0.2) is 31.1 Å². The van der Waals surface area contributed by atoms with Crippen LogP contribution in [0.4, 0.5) is 4.39 Å². The molecule has 0 aromatic heterocycles. The maximum absolute atomic E-state index is 13.8. The third kappa shape index (κ3) is 5.97. The molecule has 0 radical (unpaired) electrons. The molecule has 1 aliphatic heterocycles. The summed E-state index contributed by atoms with van der Waals surface area (Å²) >= 11 is 3.44. The van der Waals surface area contributed by atoms with Gasteiger partial charge in [0.15, 0.2) is 0 Å². The smallest absolute Gasteiger partial charge is 0.137 e. The zero-order valence-corrected chi connectivity index (χ0v) is 16.2. The number of benzene rings is 1. The van der Waals surface area contributed by atoms with Crippen molar-refractivity contribution in [2.75, 3.05) is 26.2 Å². The molecule has 1 heterocycles. The maximum Gasteiger partial charge on any atom is 0.137 e. The average Bonchev–Trinajstić information content (AvgIpc) is 2.48. The highest BCUT2D eigenvalue weighted by atomic mass is 79.9. The standard InChI is InChI=1S/C16H24BrFN2.2ClH/c1-2-3-4-8-15(20-11-9-19-10-12-20)13-6-5-7-14(18)16(13)17;;/h5-7,15,19H,2-4,8-12H2,1H3;2*1H/t15-;;/m0../s1. The van der Waals surface area contributed by atoms with Crippen molar-refractivity contribution < 1.29 is 4.39 Å². The van der Waals surface area contributed by atoms with Crippen LogP contribution in [0, 0.1) is 5.82 Å². The Balaban J connectivity index is 0.00000220. The highest BCUT2D eigenvalue weighted by molar-refractivity contribution is 9.10. The summed E-state index contributed by atoms with van der Waals surface area (Å²) < 4.78 is 14.5. The first kappa shape index (κ1) is 22.1. The lowest BCUT2D eigenvalue weighted by molar-refractivity contribution is 0.162. The fourth-order valence-corrected chi connectivity index (χ4v) is 3.42. The van der Waals surface area contributed by atoms with E-state index in [9.17, 15) is 4.39 Å². The Morgan fingerprint density at radius 1 is 1.23 bits per heavy atom. The van der Waals surface area contributed by atoms with Crippen LogP contribution >= 0.6 is 40.7 Å². The van der Waals surface area contributed by atoms with Crippen molar-refractivity contribution in [3.63, 3.8) is 0 Å². The zero-order chi connectivity index (χ0) is 14.4. The fraction of sp³-hybridized carbons (Fsp3) is 0.625. The molecule has 0 saturated carbocycles. The Kier molecular flexibility index (Phi) is 11.7. The van der Waals surface area contributed by atoms with E-state index in [1.807, 2.05) is 6.07 Å². The Morgan fingerprint density at radius 3 is 2.55 bits per heavy atom. The number of piperazine rings is 1. The van der Waals surface area contributed by atoms with Crippen LogP contribution in [0.5, 0.6) is 0 Å². The van der Waals surface area contributed by atoms with Gasteiger partial charge in [-0.15, -0.1) is 24.8 Å². The summed E-state index contributed by atoms with van der Waals surface area (Å²) in [6.45, 7) is 6.35. The minimum atomic E-state index is -0.155. The first-order valence-corrected chi connectivity index (χ1v) is 8.42. The molecular formula is C16H26BrCl2FN2. The molecule has 1 aliphatic rings. The largest absolute Gasteiger partial charge is 0.314 e. The Morgan fingerprint density at radius 2 is 1.91 bits per heavy atom. The number of halogens is 4. The predicted molar refractivity (Wildman–Crippen MR) is 99.9 cm³/mol. The van der Waals surface area contributed by atoms with Crippen molar-refractivity contribution in [2.24, 2.45) is 0 Å². The number of nitrogens with zero attached hydrogens (tertiary/aromatic N) is 1. The second-order valence-corrected chi connectivity index (χ2v) is 6.23. The van der Waals surface area contributed by atoms with Crippen LogP contribution in [0.25, 0.3) is 0 Å². The second-order valence-electron chi connectivity index (χ2n) is 5.44. The van der Waals surface area contributed by atoms with Crippen LogP contribution in [-0.2, 0) is 0 Å². The van der Waals surface area contributed by atoms with Gasteiger partial charge in [0, 0.05) is 32.2 Å². The molecule has 2 nitrogen and oxygen atoms in total. The van der Waals surface area contributed by atoms with Gasteiger partial charge >= 0.3 is 0 Å². The highest BCUT2D eigenvalue weighted by Gasteiger charge is 2.24. The van der Waals surface area contributed by atoms with Gasteiger partial charge in [0.2, 0.25) is 0 Å². The average molecular weight is 416 g/mol. The van der Waals surface area contributed by atoms with Crippen LogP contribution in [0.3, 0.4) is 0 Å². The van der Waals surface area contributed by atoms with E-state index >= 15 is 0 Å². The summed E-state index contributed by atoms with van der Waals surface area (Å²) in [6.07, 6.45) is 4.78. The zero-order valence-electron chi connectivity index (χ0n) is 13.0. The van der Waals surface area contributed by atoms with Crippen molar-refractivity contribution in [2.45, 2.75) is 38.6 Å². The summed E-state index contributed by atoms with van der Waals surface area (Å²) in [7, 11) is 0. The Bertz CT molecular complexity index is 429. The number of nitrogens with one attached hydrogen (secondary N) is 1. The number of hydrogen-bond acceptors (Lipinski definition) is 2. The third-order valence-electron chi connectivity index (χ3n) is 4.01. The van der Waals surface area contributed by atoms with Crippen molar-refractivity contribution >= 4 is 40.7 Å². The van der Waals surface area contributed by atoms with E-state index in [1.54, 1.807) is 0 Å². The normalized spacial score (nSPS) is 16.5. The molecule has 1 aromatic rings. The summed E-state index contributed by atoms with van der Waals surface area (Å²) in [5.74, 6) is -0.155. The van der Waals surface area contributed by atoms with Crippen molar-refractivity contribution in [1.29, 1.82) is 0 Å². The van der Waals surface area contributed by atoms with Gasteiger partial charge in [0.1, 0.15) is 5.82 Å². The molecule has 0 unspecified atom stereocenters. The Hall–Kier alpha value is 0.130. The van der Waals surface area contributed by atoms with E-state index in [-0.39, 0.29) is 30.6 Å². The first-order chi connectivity index (χ1) is 9.74. The topological polar surface area (TPSA) is 15.3 Å². The molecule has 1 saturated heterocycles. The minimum absolute atomic E-state index is 0. The molecule has 0 spiro atoms. The molecule has 1 atom stereocenters. The number of rotatable bonds is 6. The lowest BCUT2D eigenvalue weighted by Gasteiger charge is -2.36. The van der Waals surface area contributed by atoms with E-state index < -0.39 is 0 Å². The maximum atomic E-state index is 13.8. The molecule has 0 amide bonds. The lowest BCUT2D eigenvalue weighted by atomic mass is 9.98. The van der Waals surface area contributed by atoms with E-state index in [4.69, 9.17) is 0 Å². The van der Waals surface area contributed by atoms with Crippen LogP contribution in [0.2, 0.25) is 0 Å². The SMILES string of the molecule is CCCCC[C@@H](c1cccc(F)c1Br)N1CCNCC1.Cl.Cl. The molecule has 2 rings (SSSR count). The quantitative estimate of drug-likeness (QED) is 0.660. The molecule has 128 valence electrons. The van der Waals surface area contributed by atoms with E-state index in [2.05, 4.69) is 39.1 Å². The summed E-state index contributed by atoms with van der Waals surface area (Å²) in [6, 6.07) is 5.73. The summed E-state index contributed by atoms with van der Waals surface area (Å²) in [5, 5.41) is 3.39. The van der Waals surface area contributed by atoms with Gasteiger partial charge in [-0.25, -0.2) is 4.39 Å². The van der Waals surface area contributed by atoms with Gasteiger partial charge in [-0.2, -0.15) is 0 Å². The van der Waals surface area contributed by atoms with E-state index in [0.717, 1.165) is 38.2 Å². The summed E-state index contributed by atoms with van der Waals surface area (Å²) in [4.78, 5) is 2.49. The van der Waals surface area contributed by atoms with Gasteiger partial charge in [-0.1, -0.05) is 38.3 Å². The number of hydrogen-bond donors (Lipinski definition) is 1. The van der Waals surface area contributed by atoms with Gasteiger partial charge < -0.3 is 5.32 Å².